The summed E-state index contributed by atoms with van der Waals surface area (Å²) in [5.74, 6) is -1.38. The number of carbonyl (C=O) groups is 2. The number of fused-ring (bicyclic) bond motifs is 1. The SMILES string of the molecule is C[C@H](OC(=O)c1cc2cc(F)ccc2s1)C(=O)N(C)CCC#N. The van der Waals surface area contributed by atoms with E-state index in [-0.39, 0.29) is 24.7 Å². The molecular weight excluding hydrogens is 319 g/mol. The Morgan fingerprint density at radius 2 is 2.17 bits per heavy atom. The second-order valence-electron chi connectivity index (χ2n) is 5.01. The lowest BCUT2D eigenvalue weighted by molar-refractivity contribution is -0.138. The molecule has 23 heavy (non-hydrogen) atoms. The predicted molar refractivity (Wildman–Crippen MR) is 84.5 cm³/mol. The average Bonchev–Trinajstić information content (AvgIpc) is 2.94. The number of halogens is 1. The van der Waals surface area contributed by atoms with Crippen LogP contribution in [0.25, 0.3) is 10.1 Å². The molecule has 0 fully saturated rings. The first-order chi connectivity index (χ1) is 10.9. The van der Waals surface area contributed by atoms with Crippen molar-refractivity contribution in [1.29, 1.82) is 5.26 Å². The molecule has 120 valence electrons. The molecule has 1 heterocycles. The Labute approximate surface area is 136 Å². The Balaban J connectivity index is 2.05. The highest BCUT2D eigenvalue weighted by molar-refractivity contribution is 7.20. The molecule has 0 radical (unpaired) electrons. The molecular formula is C16H15FN2O3S. The summed E-state index contributed by atoms with van der Waals surface area (Å²) in [6.45, 7) is 1.76. The van der Waals surface area contributed by atoms with Gasteiger partial charge in [-0.05, 0) is 36.6 Å². The monoisotopic (exact) mass is 334 g/mol. The van der Waals surface area contributed by atoms with Crippen molar-refractivity contribution in [3.63, 3.8) is 0 Å². The van der Waals surface area contributed by atoms with Gasteiger partial charge in [-0.15, -0.1) is 11.3 Å². The zero-order chi connectivity index (χ0) is 17.0. The van der Waals surface area contributed by atoms with E-state index in [4.69, 9.17) is 10.00 Å². The lowest BCUT2D eigenvalue weighted by Crippen LogP contribution is -2.37. The molecule has 0 N–H and O–H groups in total. The zero-order valence-electron chi connectivity index (χ0n) is 12.7. The van der Waals surface area contributed by atoms with Gasteiger partial charge in [0.1, 0.15) is 10.7 Å². The van der Waals surface area contributed by atoms with E-state index in [1.165, 1.54) is 35.3 Å². The number of carbonyl (C=O) groups excluding carboxylic acids is 2. The summed E-state index contributed by atoms with van der Waals surface area (Å²) in [5, 5.41) is 9.14. The van der Waals surface area contributed by atoms with E-state index >= 15 is 0 Å². The van der Waals surface area contributed by atoms with Crippen molar-refractivity contribution in [1.82, 2.24) is 4.90 Å². The highest BCUT2D eigenvalue weighted by Gasteiger charge is 2.23. The van der Waals surface area contributed by atoms with Crippen molar-refractivity contribution in [3.05, 3.63) is 35.0 Å². The Morgan fingerprint density at radius 3 is 2.87 bits per heavy atom. The van der Waals surface area contributed by atoms with E-state index in [1.54, 1.807) is 19.2 Å². The minimum atomic E-state index is -0.951. The van der Waals surface area contributed by atoms with E-state index in [0.717, 1.165) is 4.70 Å². The lowest BCUT2D eigenvalue weighted by atomic mass is 10.2. The zero-order valence-corrected chi connectivity index (χ0v) is 13.5. The van der Waals surface area contributed by atoms with Crippen molar-refractivity contribution < 1.29 is 18.7 Å². The average molecular weight is 334 g/mol. The van der Waals surface area contributed by atoms with Gasteiger partial charge in [-0.3, -0.25) is 4.79 Å². The highest BCUT2D eigenvalue weighted by Crippen LogP contribution is 2.27. The van der Waals surface area contributed by atoms with Crippen molar-refractivity contribution in [3.8, 4) is 6.07 Å². The third-order valence-electron chi connectivity index (χ3n) is 3.25. The maximum atomic E-state index is 13.2. The number of hydrogen-bond donors (Lipinski definition) is 0. The summed E-state index contributed by atoms with van der Waals surface area (Å²) in [4.78, 5) is 25.8. The van der Waals surface area contributed by atoms with Gasteiger partial charge in [-0.1, -0.05) is 0 Å². The van der Waals surface area contributed by atoms with Gasteiger partial charge < -0.3 is 9.64 Å². The van der Waals surface area contributed by atoms with Crippen LogP contribution in [0.4, 0.5) is 4.39 Å². The Morgan fingerprint density at radius 1 is 1.43 bits per heavy atom. The molecule has 0 aliphatic rings. The maximum Gasteiger partial charge on any atom is 0.349 e. The van der Waals surface area contributed by atoms with Gasteiger partial charge in [-0.25, -0.2) is 9.18 Å². The molecule has 1 aromatic carbocycles. The summed E-state index contributed by atoms with van der Waals surface area (Å²) in [6, 6.07) is 7.75. The highest BCUT2D eigenvalue weighted by atomic mass is 32.1. The molecule has 5 nitrogen and oxygen atoms in total. The first-order valence-corrected chi connectivity index (χ1v) is 7.76. The minimum Gasteiger partial charge on any atom is -0.448 e. The van der Waals surface area contributed by atoms with E-state index in [0.29, 0.717) is 10.3 Å². The summed E-state index contributed by atoms with van der Waals surface area (Å²) < 4.78 is 19.1. The number of nitriles is 1. The van der Waals surface area contributed by atoms with Gasteiger partial charge in [0.05, 0.1) is 12.5 Å². The molecule has 1 atom stereocenters. The van der Waals surface area contributed by atoms with Crippen molar-refractivity contribution in [2.75, 3.05) is 13.6 Å². The largest absolute Gasteiger partial charge is 0.448 e. The molecule has 0 unspecified atom stereocenters. The minimum absolute atomic E-state index is 0.213. The first kappa shape index (κ1) is 16.9. The molecule has 2 aromatic rings. The van der Waals surface area contributed by atoms with Gasteiger partial charge in [-0.2, -0.15) is 5.26 Å². The number of rotatable bonds is 5. The number of nitrogens with zero attached hydrogens (tertiary/aromatic N) is 2. The van der Waals surface area contributed by atoms with Crippen LogP contribution in [0.2, 0.25) is 0 Å². The van der Waals surface area contributed by atoms with Crippen LogP contribution in [-0.4, -0.2) is 36.5 Å². The molecule has 0 aliphatic heterocycles. The van der Waals surface area contributed by atoms with Gasteiger partial charge in [0.2, 0.25) is 0 Å². The topological polar surface area (TPSA) is 70.4 Å². The third kappa shape index (κ3) is 4.05. The van der Waals surface area contributed by atoms with Crippen molar-refractivity contribution in [2.24, 2.45) is 0 Å². The van der Waals surface area contributed by atoms with Crippen LogP contribution in [0.1, 0.15) is 23.0 Å². The number of esters is 1. The quantitative estimate of drug-likeness (QED) is 0.788. The summed E-state index contributed by atoms with van der Waals surface area (Å²) >= 11 is 1.18. The van der Waals surface area contributed by atoms with E-state index < -0.39 is 12.1 Å². The van der Waals surface area contributed by atoms with Crippen LogP contribution in [0.5, 0.6) is 0 Å². The van der Waals surface area contributed by atoms with Crippen LogP contribution in [0, 0.1) is 17.1 Å². The van der Waals surface area contributed by atoms with Gasteiger partial charge in [0.25, 0.3) is 5.91 Å². The molecule has 2 rings (SSSR count). The molecule has 0 saturated carbocycles. The van der Waals surface area contributed by atoms with Crippen LogP contribution < -0.4 is 0 Å². The Kier molecular flexibility index (Phi) is 5.29. The van der Waals surface area contributed by atoms with E-state index in [9.17, 15) is 14.0 Å². The van der Waals surface area contributed by atoms with E-state index in [2.05, 4.69) is 0 Å². The molecule has 0 spiro atoms. The fourth-order valence-electron chi connectivity index (χ4n) is 2.02. The van der Waals surface area contributed by atoms with Crippen molar-refractivity contribution in [2.45, 2.75) is 19.4 Å². The summed E-state index contributed by atoms with van der Waals surface area (Å²) in [6.07, 6.45) is -0.738. The lowest BCUT2D eigenvalue weighted by Gasteiger charge is -2.20. The first-order valence-electron chi connectivity index (χ1n) is 6.94. The number of hydrogen-bond acceptors (Lipinski definition) is 5. The molecule has 1 amide bonds. The fourth-order valence-corrected chi connectivity index (χ4v) is 2.95. The Hall–Kier alpha value is -2.46. The molecule has 7 heteroatoms. The standard InChI is InChI=1S/C16H15FN2O3S/c1-10(15(20)19(2)7-3-6-18)22-16(21)14-9-11-8-12(17)4-5-13(11)23-14/h4-5,8-10H,3,7H2,1-2H3/t10-/m0/s1. The number of amides is 1. The third-order valence-corrected chi connectivity index (χ3v) is 4.34. The van der Waals surface area contributed by atoms with Gasteiger partial charge in [0, 0.05) is 18.3 Å². The summed E-state index contributed by atoms with van der Waals surface area (Å²) in [5.41, 5.74) is 0. The maximum absolute atomic E-state index is 13.2. The number of benzene rings is 1. The van der Waals surface area contributed by atoms with Gasteiger partial charge >= 0.3 is 5.97 Å². The molecule has 0 saturated heterocycles. The van der Waals surface area contributed by atoms with Crippen LogP contribution in [0.15, 0.2) is 24.3 Å². The molecule has 1 aromatic heterocycles. The molecule has 0 bridgehead atoms. The fraction of sp³-hybridized carbons (Fsp3) is 0.312. The van der Waals surface area contributed by atoms with Gasteiger partial charge in [0.15, 0.2) is 6.10 Å². The normalized spacial score (nSPS) is 11.7. The van der Waals surface area contributed by atoms with Crippen LogP contribution in [-0.2, 0) is 9.53 Å². The van der Waals surface area contributed by atoms with Crippen LogP contribution >= 0.6 is 11.3 Å². The Bertz CT molecular complexity index is 781. The summed E-state index contributed by atoms with van der Waals surface area (Å²) in [7, 11) is 1.55. The van der Waals surface area contributed by atoms with E-state index in [1.807, 2.05) is 6.07 Å². The smallest absolute Gasteiger partial charge is 0.349 e. The number of likely N-dealkylation sites (N-methyl/N-ethyl adjacent to an activating group) is 1. The number of thiophene rings is 1. The van der Waals surface area contributed by atoms with Crippen LogP contribution in [0.3, 0.4) is 0 Å². The second-order valence-corrected chi connectivity index (χ2v) is 6.09. The van der Waals surface area contributed by atoms with Crippen molar-refractivity contribution >= 4 is 33.3 Å². The molecule has 0 aliphatic carbocycles. The number of ether oxygens (including phenoxy) is 1. The predicted octanol–water partition coefficient (Wildman–Crippen LogP) is 2.96. The second kappa shape index (κ2) is 7.20.